The number of benzene rings is 2. The Balaban J connectivity index is 1.66. The van der Waals surface area contributed by atoms with Crippen LogP contribution in [0, 0.1) is 12.7 Å². The molecule has 1 aliphatic rings. The lowest BCUT2D eigenvalue weighted by Crippen LogP contribution is -2.37. The van der Waals surface area contributed by atoms with Crippen molar-refractivity contribution < 1.29 is 17.5 Å². The van der Waals surface area contributed by atoms with E-state index < -0.39 is 15.8 Å². The second kappa shape index (κ2) is 10.5. The molecular weight excluding hydrogens is 509 g/mol. The summed E-state index contributed by atoms with van der Waals surface area (Å²) in [6, 6.07) is 8.36. The van der Waals surface area contributed by atoms with Crippen molar-refractivity contribution >= 4 is 38.4 Å². The third-order valence-corrected chi connectivity index (χ3v) is 7.74. The molecule has 0 atom stereocenters. The maximum absolute atomic E-state index is 15.6. The first-order chi connectivity index (χ1) is 18.3. The molecule has 198 valence electrons. The van der Waals surface area contributed by atoms with Crippen LogP contribution < -0.4 is 15.4 Å². The van der Waals surface area contributed by atoms with Crippen LogP contribution >= 0.6 is 0 Å². The highest BCUT2D eigenvalue weighted by atomic mass is 32.2. The molecule has 2 aromatic carbocycles. The molecule has 1 saturated heterocycles. The lowest BCUT2D eigenvalue weighted by atomic mass is 9.99. The summed E-state index contributed by atoms with van der Waals surface area (Å²) in [4.78, 5) is 19.9. The second-order valence-electron chi connectivity index (χ2n) is 9.08. The van der Waals surface area contributed by atoms with Crippen molar-refractivity contribution in [2.75, 3.05) is 47.4 Å². The highest BCUT2D eigenvalue weighted by molar-refractivity contribution is 7.92. The summed E-state index contributed by atoms with van der Waals surface area (Å²) in [6.45, 7) is 6.03. The number of aromatic nitrogens is 4. The lowest BCUT2D eigenvalue weighted by molar-refractivity contribution is 0.122. The molecule has 0 amide bonds. The first-order valence-electron chi connectivity index (χ1n) is 12.3. The average molecular weight is 538 g/mol. The number of nitrogens with zero attached hydrogens (tertiary/aromatic N) is 5. The topological polar surface area (TPSA) is 136 Å². The van der Waals surface area contributed by atoms with Crippen LogP contribution in [-0.2, 0) is 14.8 Å². The van der Waals surface area contributed by atoms with E-state index in [9.17, 15) is 8.42 Å². The lowest BCUT2D eigenvalue weighted by Gasteiger charge is -2.29. The van der Waals surface area contributed by atoms with Crippen LogP contribution in [0.2, 0.25) is 0 Å². The van der Waals surface area contributed by atoms with Gasteiger partial charge in [-0.1, -0.05) is 19.1 Å². The number of morpholine rings is 1. The minimum atomic E-state index is -3.65. The van der Waals surface area contributed by atoms with E-state index in [4.69, 9.17) is 20.4 Å². The predicted molar refractivity (Wildman–Crippen MR) is 146 cm³/mol. The molecule has 0 spiro atoms. The number of ether oxygens (including phenoxy) is 1. The summed E-state index contributed by atoms with van der Waals surface area (Å²) in [5.41, 5.74) is 8.57. The van der Waals surface area contributed by atoms with Gasteiger partial charge in [0, 0.05) is 36.4 Å². The van der Waals surface area contributed by atoms with E-state index in [1.807, 2.05) is 19.1 Å². The number of rotatable bonds is 7. The molecule has 4 aromatic rings. The van der Waals surface area contributed by atoms with E-state index in [0.29, 0.717) is 61.0 Å². The first-order valence-corrected chi connectivity index (χ1v) is 13.9. The summed E-state index contributed by atoms with van der Waals surface area (Å²) in [6.07, 6.45) is 3.59. The average Bonchev–Trinajstić information content (AvgIpc) is 2.90. The van der Waals surface area contributed by atoms with Gasteiger partial charge >= 0.3 is 0 Å². The van der Waals surface area contributed by atoms with Crippen LogP contribution in [0.15, 0.2) is 42.7 Å². The second-order valence-corrected chi connectivity index (χ2v) is 10.9. The Morgan fingerprint density at radius 2 is 1.84 bits per heavy atom. The number of nitrogen functional groups attached to an aromatic ring is 1. The Kier molecular flexibility index (Phi) is 7.09. The third-order valence-electron chi connectivity index (χ3n) is 6.26. The first kappa shape index (κ1) is 25.7. The highest BCUT2D eigenvalue weighted by Crippen LogP contribution is 2.36. The van der Waals surface area contributed by atoms with Crippen molar-refractivity contribution in [3.05, 3.63) is 54.1 Å². The molecule has 5 rings (SSSR count). The van der Waals surface area contributed by atoms with Gasteiger partial charge in [0.2, 0.25) is 16.0 Å². The SMILES string of the molecule is CCCS(=O)(=O)Nc1cccc(-c2cc(C)c3nc(-c4cnc(N)nc4)nc(N4CCOCC4)c3c2)c1F. The van der Waals surface area contributed by atoms with Gasteiger partial charge in [-0.2, -0.15) is 0 Å². The van der Waals surface area contributed by atoms with Gasteiger partial charge in [0.25, 0.3) is 0 Å². The molecule has 0 aliphatic carbocycles. The Labute approximate surface area is 220 Å². The van der Waals surface area contributed by atoms with Crippen molar-refractivity contribution in [1.82, 2.24) is 19.9 Å². The number of hydrogen-bond donors (Lipinski definition) is 2. The highest BCUT2D eigenvalue weighted by Gasteiger charge is 2.22. The monoisotopic (exact) mass is 537 g/mol. The fourth-order valence-corrected chi connectivity index (χ4v) is 5.60. The summed E-state index contributed by atoms with van der Waals surface area (Å²) < 4.78 is 48.1. The summed E-state index contributed by atoms with van der Waals surface area (Å²) >= 11 is 0. The van der Waals surface area contributed by atoms with Crippen LogP contribution in [0.4, 0.5) is 21.8 Å². The molecule has 0 saturated carbocycles. The van der Waals surface area contributed by atoms with Gasteiger partial charge < -0.3 is 15.4 Å². The Bertz CT molecular complexity index is 1590. The number of halogens is 1. The third kappa shape index (κ3) is 5.22. The van der Waals surface area contributed by atoms with Crippen molar-refractivity contribution in [2.24, 2.45) is 0 Å². The maximum Gasteiger partial charge on any atom is 0.232 e. The summed E-state index contributed by atoms with van der Waals surface area (Å²) in [5, 5.41) is 0.749. The minimum absolute atomic E-state index is 0.0861. The maximum atomic E-state index is 15.6. The number of aryl methyl sites for hydroxylation is 1. The summed E-state index contributed by atoms with van der Waals surface area (Å²) in [7, 11) is -3.65. The number of sulfonamides is 1. The zero-order chi connectivity index (χ0) is 26.9. The Hall–Kier alpha value is -3.90. The quantitative estimate of drug-likeness (QED) is 0.361. The molecule has 3 N–H and O–H groups in total. The van der Waals surface area contributed by atoms with Gasteiger partial charge in [0.15, 0.2) is 11.6 Å². The zero-order valence-corrected chi connectivity index (χ0v) is 21.9. The van der Waals surface area contributed by atoms with Crippen LogP contribution in [0.25, 0.3) is 33.4 Å². The number of fused-ring (bicyclic) bond motifs is 1. The van der Waals surface area contributed by atoms with Gasteiger partial charge in [0.05, 0.1) is 35.7 Å². The molecule has 12 heteroatoms. The smallest absolute Gasteiger partial charge is 0.232 e. The van der Waals surface area contributed by atoms with Crippen molar-refractivity contribution in [2.45, 2.75) is 20.3 Å². The Morgan fingerprint density at radius 3 is 2.55 bits per heavy atom. The van der Waals surface area contributed by atoms with E-state index in [-0.39, 0.29) is 23.0 Å². The number of nitrogens with two attached hydrogens (primary N) is 1. The minimum Gasteiger partial charge on any atom is -0.378 e. The molecular formula is C26H28FN7O3S. The molecule has 38 heavy (non-hydrogen) atoms. The molecule has 1 aliphatic heterocycles. The van der Waals surface area contributed by atoms with E-state index in [0.717, 1.165) is 10.9 Å². The fraction of sp³-hybridized carbons (Fsp3) is 0.308. The molecule has 0 bridgehead atoms. The number of hydrogen-bond acceptors (Lipinski definition) is 9. The predicted octanol–water partition coefficient (Wildman–Crippen LogP) is 3.77. The van der Waals surface area contributed by atoms with Crippen LogP contribution in [0.1, 0.15) is 18.9 Å². The zero-order valence-electron chi connectivity index (χ0n) is 21.1. The molecule has 0 unspecified atom stereocenters. The Morgan fingerprint density at radius 1 is 1.11 bits per heavy atom. The molecule has 10 nitrogen and oxygen atoms in total. The van der Waals surface area contributed by atoms with Gasteiger partial charge in [0.1, 0.15) is 5.82 Å². The normalized spacial score (nSPS) is 14.1. The molecule has 2 aromatic heterocycles. The van der Waals surface area contributed by atoms with Crippen molar-refractivity contribution in [3.63, 3.8) is 0 Å². The largest absolute Gasteiger partial charge is 0.378 e. The fourth-order valence-electron chi connectivity index (χ4n) is 4.47. The van der Waals surface area contributed by atoms with E-state index in [1.54, 1.807) is 31.5 Å². The van der Waals surface area contributed by atoms with Crippen LogP contribution in [-0.4, -0.2) is 60.4 Å². The van der Waals surface area contributed by atoms with Gasteiger partial charge in [-0.15, -0.1) is 0 Å². The molecule has 1 fully saturated rings. The van der Waals surface area contributed by atoms with Gasteiger partial charge in [-0.25, -0.2) is 32.7 Å². The van der Waals surface area contributed by atoms with Gasteiger partial charge in [-0.3, -0.25) is 4.72 Å². The van der Waals surface area contributed by atoms with Crippen molar-refractivity contribution in [1.29, 1.82) is 0 Å². The molecule has 0 radical (unpaired) electrons. The van der Waals surface area contributed by atoms with Crippen LogP contribution in [0.5, 0.6) is 0 Å². The van der Waals surface area contributed by atoms with E-state index in [1.165, 1.54) is 6.07 Å². The van der Waals surface area contributed by atoms with Gasteiger partial charge in [-0.05, 0) is 42.7 Å². The van der Waals surface area contributed by atoms with E-state index in [2.05, 4.69) is 19.6 Å². The number of anilines is 3. The number of nitrogens with one attached hydrogen (secondary N) is 1. The molecule has 3 heterocycles. The van der Waals surface area contributed by atoms with Crippen molar-refractivity contribution in [3.8, 4) is 22.5 Å². The van der Waals surface area contributed by atoms with E-state index >= 15 is 4.39 Å². The standard InChI is InChI=1S/C26H28FN7O3S/c1-3-11-38(35,36)33-21-6-4-5-19(22(21)27)17-12-16(2)23-20(13-17)25(34-7-9-37-10-8-34)32-24(31-23)18-14-29-26(28)30-15-18/h4-6,12-15,33H,3,7-11H2,1-2H3,(H2,28,29,30). The summed E-state index contributed by atoms with van der Waals surface area (Å²) in [5.74, 6) is 0.567. The van der Waals surface area contributed by atoms with Crippen LogP contribution in [0.3, 0.4) is 0 Å².